The second-order valence-electron chi connectivity index (χ2n) is 4.76. The monoisotopic (exact) mass is 347 g/mol. The van der Waals surface area contributed by atoms with Gasteiger partial charge in [0.15, 0.2) is 6.10 Å². The van der Waals surface area contributed by atoms with Gasteiger partial charge in [-0.3, -0.25) is 4.79 Å². The maximum absolute atomic E-state index is 12.1. The van der Waals surface area contributed by atoms with Crippen LogP contribution >= 0.6 is 15.9 Å². The minimum absolute atomic E-state index is 0.161. The van der Waals surface area contributed by atoms with Gasteiger partial charge in [0, 0.05) is 10.2 Å². The molecule has 3 nitrogen and oxygen atoms in total. The number of aryl methyl sites for hydroxylation is 1. The first kappa shape index (κ1) is 15.6. The predicted molar refractivity (Wildman–Crippen MR) is 88.7 cm³/mol. The number of hydrogen-bond acceptors (Lipinski definition) is 2. The number of anilines is 1. The lowest BCUT2D eigenvalue weighted by molar-refractivity contribution is -0.122. The van der Waals surface area contributed by atoms with Crippen LogP contribution in [0.3, 0.4) is 0 Å². The van der Waals surface area contributed by atoms with Gasteiger partial charge in [0.05, 0.1) is 0 Å². The second kappa shape index (κ2) is 7.27. The van der Waals surface area contributed by atoms with Crippen LogP contribution in [0, 0.1) is 0 Å². The van der Waals surface area contributed by atoms with Crippen molar-refractivity contribution in [1.82, 2.24) is 0 Å². The summed E-state index contributed by atoms with van der Waals surface area (Å²) in [5.41, 5.74) is 1.99. The molecule has 1 amide bonds. The molecule has 0 aliphatic heterocycles. The molecular weight excluding hydrogens is 330 g/mol. The number of halogens is 1. The smallest absolute Gasteiger partial charge is 0.265 e. The molecule has 0 saturated heterocycles. The molecule has 2 aromatic carbocycles. The molecule has 0 aromatic heterocycles. The van der Waals surface area contributed by atoms with Crippen molar-refractivity contribution >= 4 is 27.5 Å². The fraction of sp³-hybridized carbons (Fsp3) is 0.235. The van der Waals surface area contributed by atoms with E-state index >= 15 is 0 Å². The van der Waals surface area contributed by atoms with Gasteiger partial charge >= 0.3 is 0 Å². The molecule has 110 valence electrons. The van der Waals surface area contributed by atoms with Crippen LogP contribution in [0.5, 0.6) is 5.75 Å². The van der Waals surface area contributed by atoms with Crippen molar-refractivity contribution < 1.29 is 9.53 Å². The quantitative estimate of drug-likeness (QED) is 0.869. The molecule has 2 aromatic rings. The van der Waals surface area contributed by atoms with Gasteiger partial charge in [0.1, 0.15) is 5.75 Å². The van der Waals surface area contributed by atoms with E-state index in [4.69, 9.17) is 4.74 Å². The molecule has 1 N–H and O–H groups in total. The maximum atomic E-state index is 12.1. The molecule has 0 aliphatic carbocycles. The SMILES string of the molecule is CCc1cccc(NC(=O)[C@@H](C)Oc2ccc(Br)cc2)c1. The summed E-state index contributed by atoms with van der Waals surface area (Å²) in [5, 5.41) is 2.87. The molecule has 4 heteroatoms. The lowest BCUT2D eigenvalue weighted by Gasteiger charge is -2.15. The molecule has 21 heavy (non-hydrogen) atoms. The minimum Gasteiger partial charge on any atom is -0.481 e. The first-order valence-electron chi connectivity index (χ1n) is 6.90. The Bertz CT molecular complexity index is 610. The van der Waals surface area contributed by atoms with Gasteiger partial charge in [-0.25, -0.2) is 0 Å². The highest BCUT2D eigenvalue weighted by molar-refractivity contribution is 9.10. The Morgan fingerprint density at radius 2 is 1.95 bits per heavy atom. The largest absolute Gasteiger partial charge is 0.481 e. The van der Waals surface area contributed by atoms with E-state index in [0.717, 1.165) is 16.6 Å². The summed E-state index contributed by atoms with van der Waals surface area (Å²) in [7, 11) is 0. The van der Waals surface area contributed by atoms with Crippen molar-refractivity contribution in [3.05, 3.63) is 58.6 Å². The molecule has 2 rings (SSSR count). The van der Waals surface area contributed by atoms with Gasteiger partial charge in [0.25, 0.3) is 5.91 Å². The molecule has 0 spiro atoms. The zero-order valence-corrected chi connectivity index (χ0v) is 13.7. The Morgan fingerprint density at radius 1 is 1.24 bits per heavy atom. The number of hydrogen-bond donors (Lipinski definition) is 1. The van der Waals surface area contributed by atoms with Gasteiger partial charge in [-0.05, 0) is 55.3 Å². The molecular formula is C17H18BrNO2. The summed E-state index contributed by atoms with van der Waals surface area (Å²) in [5.74, 6) is 0.509. The van der Waals surface area contributed by atoms with E-state index in [1.165, 1.54) is 5.56 Å². The predicted octanol–water partition coefficient (Wildman–Crippen LogP) is 4.42. The van der Waals surface area contributed by atoms with Crippen LogP contribution < -0.4 is 10.1 Å². The number of carbonyl (C=O) groups is 1. The van der Waals surface area contributed by atoms with E-state index in [-0.39, 0.29) is 5.91 Å². The number of rotatable bonds is 5. The topological polar surface area (TPSA) is 38.3 Å². The van der Waals surface area contributed by atoms with E-state index in [0.29, 0.717) is 5.75 Å². The number of benzene rings is 2. The van der Waals surface area contributed by atoms with Crippen molar-refractivity contribution in [2.45, 2.75) is 26.4 Å². The first-order valence-corrected chi connectivity index (χ1v) is 7.70. The summed E-state index contributed by atoms with van der Waals surface area (Å²) >= 11 is 3.36. The van der Waals surface area contributed by atoms with Crippen molar-refractivity contribution in [2.75, 3.05) is 5.32 Å². The Labute approximate surface area is 133 Å². The summed E-state index contributed by atoms with van der Waals surface area (Å²) < 4.78 is 6.60. The third-order valence-corrected chi connectivity index (χ3v) is 3.63. The van der Waals surface area contributed by atoms with Gasteiger partial charge in [-0.15, -0.1) is 0 Å². The highest BCUT2D eigenvalue weighted by atomic mass is 79.9. The van der Waals surface area contributed by atoms with E-state index in [2.05, 4.69) is 28.2 Å². The maximum Gasteiger partial charge on any atom is 0.265 e. The van der Waals surface area contributed by atoms with Crippen LogP contribution in [0.15, 0.2) is 53.0 Å². The van der Waals surface area contributed by atoms with Crippen LogP contribution in [-0.2, 0) is 11.2 Å². The molecule has 0 fully saturated rings. The zero-order valence-electron chi connectivity index (χ0n) is 12.1. The minimum atomic E-state index is -0.559. The number of ether oxygens (including phenoxy) is 1. The Kier molecular flexibility index (Phi) is 5.39. The average molecular weight is 348 g/mol. The Morgan fingerprint density at radius 3 is 2.62 bits per heavy atom. The van der Waals surface area contributed by atoms with Crippen molar-refractivity contribution in [1.29, 1.82) is 0 Å². The normalized spacial score (nSPS) is 11.8. The highest BCUT2D eigenvalue weighted by Crippen LogP contribution is 2.18. The third kappa shape index (κ3) is 4.60. The van der Waals surface area contributed by atoms with Crippen LogP contribution in [0.4, 0.5) is 5.69 Å². The van der Waals surface area contributed by atoms with E-state index in [1.54, 1.807) is 6.92 Å². The molecule has 0 unspecified atom stereocenters. The van der Waals surface area contributed by atoms with E-state index in [1.807, 2.05) is 48.5 Å². The second-order valence-corrected chi connectivity index (χ2v) is 5.67. The molecule has 0 heterocycles. The molecule has 0 bridgehead atoms. The number of carbonyl (C=O) groups excluding carboxylic acids is 1. The number of nitrogens with one attached hydrogen (secondary N) is 1. The third-order valence-electron chi connectivity index (χ3n) is 3.10. The highest BCUT2D eigenvalue weighted by Gasteiger charge is 2.14. The van der Waals surface area contributed by atoms with Crippen LogP contribution in [0.25, 0.3) is 0 Å². The lowest BCUT2D eigenvalue weighted by Crippen LogP contribution is -2.30. The van der Waals surface area contributed by atoms with E-state index < -0.39 is 6.10 Å². The number of amides is 1. The summed E-state index contributed by atoms with van der Waals surface area (Å²) in [4.78, 5) is 12.1. The fourth-order valence-electron chi connectivity index (χ4n) is 1.88. The molecule has 1 atom stereocenters. The summed E-state index contributed by atoms with van der Waals surface area (Å²) in [6, 6.07) is 15.2. The van der Waals surface area contributed by atoms with Gasteiger partial charge < -0.3 is 10.1 Å². The van der Waals surface area contributed by atoms with Gasteiger partial charge in [-0.1, -0.05) is 35.0 Å². The van der Waals surface area contributed by atoms with Crippen molar-refractivity contribution in [2.24, 2.45) is 0 Å². The van der Waals surface area contributed by atoms with Crippen molar-refractivity contribution in [3.8, 4) is 5.75 Å². The first-order chi connectivity index (χ1) is 10.1. The molecule has 0 saturated carbocycles. The van der Waals surface area contributed by atoms with Crippen LogP contribution in [-0.4, -0.2) is 12.0 Å². The summed E-state index contributed by atoms with van der Waals surface area (Å²) in [6.07, 6.45) is 0.380. The van der Waals surface area contributed by atoms with Gasteiger partial charge in [0.2, 0.25) is 0 Å². The summed E-state index contributed by atoms with van der Waals surface area (Å²) in [6.45, 7) is 3.82. The Balaban J connectivity index is 1.97. The van der Waals surface area contributed by atoms with Crippen LogP contribution in [0.1, 0.15) is 19.4 Å². The molecule has 0 radical (unpaired) electrons. The average Bonchev–Trinajstić information content (AvgIpc) is 2.49. The molecule has 0 aliphatic rings. The van der Waals surface area contributed by atoms with Gasteiger partial charge in [-0.2, -0.15) is 0 Å². The zero-order chi connectivity index (χ0) is 15.2. The van der Waals surface area contributed by atoms with Crippen molar-refractivity contribution in [3.63, 3.8) is 0 Å². The standard InChI is InChI=1S/C17H18BrNO2/c1-3-13-5-4-6-15(11-13)19-17(20)12(2)21-16-9-7-14(18)8-10-16/h4-12H,3H2,1-2H3,(H,19,20)/t12-/m1/s1. The van der Waals surface area contributed by atoms with Crippen LogP contribution in [0.2, 0.25) is 0 Å². The Hall–Kier alpha value is -1.81. The van der Waals surface area contributed by atoms with E-state index in [9.17, 15) is 4.79 Å². The lowest BCUT2D eigenvalue weighted by atomic mass is 10.1. The fourth-order valence-corrected chi connectivity index (χ4v) is 2.15.